The van der Waals surface area contributed by atoms with Gasteiger partial charge in [0.2, 0.25) is 0 Å². The minimum Gasteiger partial charge on any atom is -0.294 e. The number of benzene rings is 2. The molecular formula is C17H16Cl2O. The molecule has 0 atom stereocenters. The van der Waals surface area contributed by atoms with Crippen LogP contribution < -0.4 is 0 Å². The summed E-state index contributed by atoms with van der Waals surface area (Å²) in [5, 5.41) is 1.07. The van der Waals surface area contributed by atoms with Crippen molar-refractivity contribution in [3.63, 3.8) is 0 Å². The van der Waals surface area contributed by atoms with Gasteiger partial charge in [0.1, 0.15) is 0 Å². The summed E-state index contributed by atoms with van der Waals surface area (Å²) in [6.45, 7) is 5.95. The summed E-state index contributed by atoms with van der Waals surface area (Å²) < 4.78 is 0. The van der Waals surface area contributed by atoms with Gasteiger partial charge in [0.25, 0.3) is 0 Å². The molecule has 0 N–H and O–H groups in total. The van der Waals surface area contributed by atoms with Crippen LogP contribution in [0.25, 0.3) is 0 Å². The smallest absolute Gasteiger partial charge is 0.167 e. The zero-order valence-electron chi connectivity index (χ0n) is 11.8. The van der Waals surface area contributed by atoms with E-state index >= 15 is 0 Å². The molecule has 0 aromatic heterocycles. The largest absolute Gasteiger partial charge is 0.294 e. The molecule has 0 radical (unpaired) electrons. The average Bonchev–Trinajstić information content (AvgIpc) is 2.32. The molecule has 0 bridgehead atoms. The lowest BCUT2D eigenvalue weighted by Gasteiger charge is -2.12. The minimum absolute atomic E-state index is 0.0509. The summed E-state index contributed by atoms with van der Waals surface area (Å²) in [7, 11) is 0. The van der Waals surface area contributed by atoms with E-state index < -0.39 is 0 Å². The summed E-state index contributed by atoms with van der Waals surface area (Å²) in [5.41, 5.74) is 4.62. The second-order valence-electron chi connectivity index (χ2n) is 5.07. The SMILES string of the molecule is Cc1cc(C)c(C(=O)Cc2c(Cl)cccc2Cl)c(C)c1. The summed E-state index contributed by atoms with van der Waals surface area (Å²) in [6, 6.07) is 9.33. The number of halogens is 2. The van der Waals surface area contributed by atoms with Crippen molar-refractivity contribution in [3.8, 4) is 0 Å². The van der Waals surface area contributed by atoms with Crippen LogP contribution in [0.2, 0.25) is 10.0 Å². The Morgan fingerprint density at radius 2 is 1.50 bits per heavy atom. The van der Waals surface area contributed by atoms with Gasteiger partial charge in [-0.05, 0) is 49.6 Å². The number of carbonyl (C=O) groups is 1. The van der Waals surface area contributed by atoms with Crippen molar-refractivity contribution in [2.24, 2.45) is 0 Å². The first kappa shape index (κ1) is 15.1. The standard InChI is InChI=1S/C17H16Cl2O/c1-10-7-11(2)17(12(3)8-10)16(20)9-13-14(18)5-4-6-15(13)19/h4-8H,9H2,1-3H3. The lowest BCUT2D eigenvalue weighted by Crippen LogP contribution is -2.09. The first-order valence-corrected chi connectivity index (χ1v) is 7.19. The molecular weight excluding hydrogens is 291 g/mol. The molecule has 0 aliphatic carbocycles. The van der Waals surface area contributed by atoms with Crippen LogP contribution >= 0.6 is 23.2 Å². The molecule has 3 heteroatoms. The Balaban J connectivity index is 2.39. The fraction of sp³-hybridized carbons (Fsp3) is 0.235. The highest BCUT2D eigenvalue weighted by Crippen LogP contribution is 2.27. The van der Waals surface area contributed by atoms with Crippen LogP contribution in [0.3, 0.4) is 0 Å². The first-order valence-electron chi connectivity index (χ1n) is 6.44. The van der Waals surface area contributed by atoms with E-state index in [9.17, 15) is 4.79 Å². The number of Topliss-reactive ketones (excluding diaryl/α,β-unsaturated/α-hetero) is 1. The van der Waals surface area contributed by atoms with Crippen molar-refractivity contribution in [1.82, 2.24) is 0 Å². The third-order valence-corrected chi connectivity index (χ3v) is 4.06. The van der Waals surface area contributed by atoms with Gasteiger partial charge in [-0.1, -0.05) is 47.0 Å². The van der Waals surface area contributed by atoms with Gasteiger partial charge in [0, 0.05) is 22.0 Å². The lowest BCUT2D eigenvalue weighted by atomic mass is 9.93. The molecule has 0 spiro atoms. The molecule has 0 unspecified atom stereocenters. The highest BCUT2D eigenvalue weighted by molar-refractivity contribution is 6.36. The molecule has 2 rings (SSSR count). The molecule has 2 aromatic carbocycles. The second kappa shape index (κ2) is 5.99. The van der Waals surface area contributed by atoms with Gasteiger partial charge >= 0.3 is 0 Å². The van der Waals surface area contributed by atoms with Gasteiger partial charge in [0.05, 0.1) is 0 Å². The maximum absolute atomic E-state index is 12.6. The molecule has 0 aliphatic heterocycles. The van der Waals surface area contributed by atoms with Crippen molar-refractivity contribution in [3.05, 3.63) is 68.2 Å². The minimum atomic E-state index is 0.0509. The highest BCUT2D eigenvalue weighted by atomic mass is 35.5. The van der Waals surface area contributed by atoms with Gasteiger partial charge in [-0.15, -0.1) is 0 Å². The third-order valence-electron chi connectivity index (χ3n) is 3.35. The normalized spacial score (nSPS) is 10.7. The Bertz CT molecular complexity index is 631. The van der Waals surface area contributed by atoms with Gasteiger partial charge in [-0.3, -0.25) is 4.79 Å². The van der Waals surface area contributed by atoms with Gasteiger partial charge in [-0.2, -0.15) is 0 Å². The summed E-state index contributed by atoms with van der Waals surface area (Å²) >= 11 is 12.3. The molecule has 0 aliphatic rings. The Labute approximate surface area is 129 Å². The Morgan fingerprint density at radius 1 is 1.00 bits per heavy atom. The number of carbonyl (C=O) groups excluding carboxylic acids is 1. The topological polar surface area (TPSA) is 17.1 Å². The Kier molecular flexibility index (Phi) is 4.52. The van der Waals surface area contributed by atoms with E-state index in [1.165, 1.54) is 0 Å². The van der Waals surface area contributed by atoms with E-state index in [4.69, 9.17) is 23.2 Å². The van der Waals surface area contributed by atoms with Gasteiger partial charge < -0.3 is 0 Å². The maximum Gasteiger partial charge on any atom is 0.167 e. The van der Waals surface area contributed by atoms with Crippen molar-refractivity contribution < 1.29 is 4.79 Å². The molecule has 0 saturated heterocycles. The number of aryl methyl sites for hydroxylation is 3. The average molecular weight is 307 g/mol. The zero-order valence-corrected chi connectivity index (χ0v) is 13.3. The predicted molar refractivity (Wildman–Crippen MR) is 85.1 cm³/mol. The van der Waals surface area contributed by atoms with Crippen LogP contribution in [0.15, 0.2) is 30.3 Å². The van der Waals surface area contributed by atoms with E-state index in [1.54, 1.807) is 18.2 Å². The highest BCUT2D eigenvalue weighted by Gasteiger charge is 2.16. The fourth-order valence-corrected chi connectivity index (χ4v) is 3.10. The van der Waals surface area contributed by atoms with Crippen molar-refractivity contribution in [2.75, 3.05) is 0 Å². The third kappa shape index (κ3) is 3.05. The quantitative estimate of drug-likeness (QED) is 0.699. The molecule has 2 aromatic rings. The van der Waals surface area contributed by atoms with E-state index in [2.05, 4.69) is 0 Å². The van der Waals surface area contributed by atoms with E-state index in [-0.39, 0.29) is 12.2 Å². The van der Waals surface area contributed by atoms with Crippen molar-refractivity contribution in [1.29, 1.82) is 0 Å². The second-order valence-corrected chi connectivity index (χ2v) is 5.89. The first-order chi connectivity index (χ1) is 9.40. The van der Waals surface area contributed by atoms with Crippen LogP contribution in [-0.2, 0) is 6.42 Å². The van der Waals surface area contributed by atoms with Crippen LogP contribution in [0.5, 0.6) is 0 Å². The Morgan fingerprint density at radius 3 is 2.00 bits per heavy atom. The number of ketones is 1. The number of hydrogen-bond donors (Lipinski definition) is 0. The summed E-state index contributed by atoms with van der Waals surface area (Å²) in [6.07, 6.45) is 0.225. The van der Waals surface area contributed by atoms with Crippen molar-refractivity contribution in [2.45, 2.75) is 27.2 Å². The van der Waals surface area contributed by atoms with Crippen molar-refractivity contribution >= 4 is 29.0 Å². The van der Waals surface area contributed by atoms with E-state index in [1.807, 2.05) is 32.9 Å². The Hall–Kier alpha value is -1.31. The summed E-state index contributed by atoms with van der Waals surface area (Å²) in [4.78, 5) is 12.6. The monoisotopic (exact) mass is 306 g/mol. The maximum atomic E-state index is 12.6. The molecule has 0 fully saturated rings. The van der Waals surface area contributed by atoms with E-state index in [0.29, 0.717) is 15.6 Å². The van der Waals surface area contributed by atoms with Crippen LogP contribution in [-0.4, -0.2) is 5.78 Å². The molecule has 20 heavy (non-hydrogen) atoms. The fourth-order valence-electron chi connectivity index (χ4n) is 2.57. The molecule has 104 valence electrons. The number of hydrogen-bond acceptors (Lipinski definition) is 1. The molecule has 0 heterocycles. The molecule has 1 nitrogen and oxygen atoms in total. The zero-order chi connectivity index (χ0) is 14.9. The van der Waals surface area contributed by atoms with Crippen LogP contribution in [0.1, 0.15) is 32.6 Å². The van der Waals surface area contributed by atoms with Crippen LogP contribution in [0, 0.1) is 20.8 Å². The van der Waals surface area contributed by atoms with Gasteiger partial charge in [-0.25, -0.2) is 0 Å². The molecule has 0 saturated carbocycles. The summed E-state index contributed by atoms with van der Waals surface area (Å²) in [5.74, 6) is 0.0509. The van der Waals surface area contributed by atoms with Gasteiger partial charge in [0.15, 0.2) is 5.78 Å². The number of rotatable bonds is 3. The van der Waals surface area contributed by atoms with Crippen LogP contribution in [0.4, 0.5) is 0 Å². The lowest BCUT2D eigenvalue weighted by molar-refractivity contribution is 0.0992. The van der Waals surface area contributed by atoms with E-state index in [0.717, 1.165) is 22.3 Å². The molecule has 0 amide bonds. The predicted octanol–water partition coefficient (Wildman–Crippen LogP) is 5.34.